The van der Waals surface area contributed by atoms with Crippen molar-refractivity contribution >= 4 is 11.8 Å². The maximum Gasteiger partial charge on any atom is 0.224 e. The SMILES string of the molecule is CCCN(CCC)C(=O)C[C@@H]1[C@@H](C)[C@H]1C(=O)N[C@@H](Cc1cc(F)cc(F)c1)[C@H](O)CNCc1cccc(OC)c1. The second-order valence-corrected chi connectivity index (χ2v) is 10.8. The lowest BCUT2D eigenvalue weighted by Gasteiger charge is -2.25. The van der Waals surface area contributed by atoms with Gasteiger partial charge in [0.05, 0.1) is 19.3 Å². The van der Waals surface area contributed by atoms with E-state index in [-0.39, 0.29) is 42.5 Å². The normalized spacial score (nSPS) is 19.5. The summed E-state index contributed by atoms with van der Waals surface area (Å²) in [5.41, 5.74) is 1.29. The summed E-state index contributed by atoms with van der Waals surface area (Å²) in [6, 6.07) is 9.93. The highest BCUT2D eigenvalue weighted by atomic mass is 19.1. The molecule has 1 fully saturated rings. The first-order valence-electron chi connectivity index (χ1n) is 14.2. The van der Waals surface area contributed by atoms with Crippen molar-refractivity contribution in [3.8, 4) is 5.75 Å². The van der Waals surface area contributed by atoms with Crippen molar-refractivity contribution in [1.82, 2.24) is 15.5 Å². The van der Waals surface area contributed by atoms with Gasteiger partial charge in [-0.05, 0) is 66.5 Å². The van der Waals surface area contributed by atoms with Gasteiger partial charge in [0.2, 0.25) is 11.8 Å². The Morgan fingerprint density at radius 3 is 2.35 bits per heavy atom. The highest BCUT2D eigenvalue weighted by Crippen LogP contribution is 2.48. The van der Waals surface area contributed by atoms with Crippen LogP contribution in [0.25, 0.3) is 0 Å². The number of carbonyl (C=O) groups is 2. The summed E-state index contributed by atoms with van der Waals surface area (Å²) in [5, 5.41) is 17.2. The van der Waals surface area contributed by atoms with Crippen molar-refractivity contribution in [3.63, 3.8) is 0 Å². The van der Waals surface area contributed by atoms with E-state index in [0.717, 1.165) is 30.2 Å². The van der Waals surface area contributed by atoms with Crippen LogP contribution in [0, 0.1) is 29.4 Å². The minimum Gasteiger partial charge on any atom is -0.497 e. The molecule has 3 rings (SSSR count). The topological polar surface area (TPSA) is 90.9 Å². The van der Waals surface area contributed by atoms with Crippen LogP contribution in [0.2, 0.25) is 0 Å². The molecule has 2 aromatic rings. The van der Waals surface area contributed by atoms with Gasteiger partial charge in [0, 0.05) is 44.6 Å². The number of benzene rings is 2. The number of aliphatic hydroxyl groups excluding tert-OH is 1. The predicted molar refractivity (Wildman–Crippen MR) is 151 cm³/mol. The average molecular weight is 560 g/mol. The number of aliphatic hydroxyl groups is 1. The first-order valence-corrected chi connectivity index (χ1v) is 14.2. The molecule has 9 heteroatoms. The Bertz CT molecular complexity index is 1110. The van der Waals surface area contributed by atoms with Crippen LogP contribution in [0.5, 0.6) is 5.75 Å². The number of carbonyl (C=O) groups excluding carboxylic acids is 2. The van der Waals surface area contributed by atoms with Crippen LogP contribution in [0.4, 0.5) is 8.78 Å². The second-order valence-electron chi connectivity index (χ2n) is 10.8. The van der Waals surface area contributed by atoms with Crippen LogP contribution in [0.3, 0.4) is 0 Å². The van der Waals surface area contributed by atoms with E-state index in [2.05, 4.69) is 10.6 Å². The van der Waals surface area contributed by atoms with Crippen molar-refractivity contribution in [2.45, 2.75) is 65.1 Å². The zero-order chi connectivity index (χ0) is 29.2. The van der Waals surface area contributed by atoms with Gasteiger partial charge in [0.25, 0.3) is 0 Å². The molecule has 5 atom stereocenters. The summed E-state index contributed by atoms with van der Waals surface area (Å²) in [6.45, 7) is 8.03. The molecule has 1 aliphatic rings. The second kappa shape index (κ2) is 15.1. The molecule has 0 aliphatic heterocycles. The quantitative estimate of drug-likeness (QED) is 0.289. The third kappa shape index (κ3) is 8.99. The summed E-state index contributed by atoms with van der Waals surface area (Å²) in [7, 11) is 1.59. The number of ether oxygens (including phenoxy) is 1. The monoisotopic (exact) mass is 559 g/mol. The van der Waals surface area contributed by atoms with Crippen LogP contribution >= 0.6 is 0 Å². The Morgan fingerprint density at radius 2 is 1.73 bits per heavy atom. The molecule has 1 saturated carbocycles. The number of halogens is 2. The molecule has 2 amide bonds. The predicted octanol–water partition coefficient (Wildman–Crippen LogP) is 4.07. The summed E-state index contributed by atoms with van der Waals surface area (Å²) in [4.78, 5) is 28.0. The fourth-order valence-electron chi connectivity index (χ4n) is 5.36. The lowest BCUT2D eigenvalue weighted by atomic mass is 10.00. The van der Waals surface area contributed by atoms with Crippen molar-refractivity contribution in [1.29, 1.82) is 0 Å². The Labute approximate surface area is 236 Å². The van der Waals surface area contributed by atoms with Gasteiger partial charge in [0.1, 0.15) is 17.4 Å². The molecule has 2 aromatic carbocycles. The molecule has 0 unspecified atom stereocenters. The van der Waals surface area contributed by atoms with Crippen molar-refractivity contribution in [2.24, 2.45) is 17.8 Å². The summed E-state index contributed by atoms with van der Waals surface area (Å²) < 4.78 is 33.0. The fraction of sp³-hybridized carbons (Fsp3) is 0.548. The van der Waals surface area contributed by atoms with Crippen LogP contribution in [0.1, 0.15) is 51.2 Å². The van der Waals surface area contributed by atoms with Gasteiger partial charge in [-0.25, -0.2) is 8.78 Å². The molecule has 40 heavy (non-hydrogen) atoms. The van der Waals surface area contributed by atoms with Crippen molar-refractivity contribution < 1.29 is 28.2 Å². The third-order valence-corrected chi connectivity index (χ3v) is 7.60. The Morgan fingerprint density at radius 1 is 1.05 bits per heavy atom. The molecular formula is C31H43F2N3O4. The molecule has 7 nitrogen and oxygen atoms in total. The molecule has 0 aromatic heterocycles. The molecule has 3 N–H and O–H groups in total. The van der Waals surface area contributed by atoms with Gasteiger partial charge in [-0.15, -0.1) is 0 Å². The van der Waals surface area contributed by atoms with E-state index in [1.54, 1.807) is 7.11 Å². The number of nitrogens with one attached hydrogen (secondary N) is 2. The third-order valence-electron chi connectivity index (χ3n) is 7.60. The van der Waals surface area contributed by atoms with Crippen LogP contribution in [-0.2, 0) is 22.6 Å². The molecular weight excluding hydrogens is 516 g/mol. The van der Waals surface area contributed by atoms with Gasteiger partial charge >= 0.3 is 0 Å². The van der Waals surface area contributed by atoms with E-state index >= 15 is 0 Å². The zero-order valence-corrected chi connectivity index (χ0v) is 24.0. The van der Waals surface area contributed by atoms with Gasteiger partial charge in [-0.2, -0.15) is 0 Å². The summed E-state index contributed by atoms with van der Waals surface area (Å²) >= 11 is 0. The van der Waals surface area contributed by atoms with Gasteiger partial charge in [-0.1, -0.05) is 32.9 Å². The van der Waals surface area contributed by atoms with E-state index in [1.165, 1.54) is 12.1 Å². The van der Waals surface area contributed by atoms with Gasteiger partial charge in [0.15, 0.2) is 0 Å². The van der Waals surface area contributed by atoms with Crippen molar-refractivity contribution in [3.05, 3.63) is 65.2 Å². The number of hydrogen-bond donors (Lipinski definition) is 3. The smallest absolute Gasteiger partial charge is 0.224 e. The van der Waals surface area contributed by atoms with Gasteiger partial charge in [-0.3, -0.25) is 9.59 Å². The standard InChI is InChI=1S/C31H43F2N3O4/c1-5-10-36(11-6-2)29(38)17-26-20(3)30(26)31(39)35-27(15-22-12-23(32)16-24(33)13-22)28(37)19-34-18-21-8-7-9-25(14-21)40-4/h7-9,12-14,16,20,26-28,30,34,37H,5-6,10-11,15,17-19H2,1-4H3,(H,35,39)/t20-,26-,27+,28-,30-/m1/s1. The lowest BCUT2D eigenvalue weighted by Crippen LogP contribution is -2.49. The van der Waals surface area contributed by atoms with E-state index in [4.69, 9.17) is 4.74 Å². The minimum atomic E-state index is -1.03. The Balaban J connectivity index is 1.65. The number of nitrogens with zero attached hydrogens (tertiary/aromatic N) is 1. The lowest BCUT2D eigenvalue weighted by molar-refractivity contribution is -0.131. The van der Waals surface area contributed by atoms with E-state index < -0.39 is 23.8 Å². The largest absolute Gasteiger partial charge is 0.497 e. The van der Waals surface area contributed by atoms with Gasteiger partial charge < -0.3 is 25.4 Å². The maximum absolute atomic E-state index is 13.9. The highest BCUT2D eigenvalue weighted by Gasteiger charge is 2.52. The van der Waals surface area contributed by atoms with E-state index in [1.807, 2.05) is 49.9 Å². The summed E-state index contributed by atoms with van der Waals surface area (Å²) in [6.07, 6.45) is 1.08. The number of amides is 2. The summed E-state index contributed by atoms with van der Waals surface area (Å²) in [5.74, 6) is -1.30. The Hall–Kier alpha value is -3.04. The highest BCUT2D eigenvalue weighted by molar-refractivity contribution is 5.85. The number of hydrogen-bond acceptors (Lipinski definition) is 5. The first-order chi connectivity index (χ1) is 19.2. The van der Waals surface area contributed by atoms with Crippen LogP contribution in [-0.4, -0.2) is 60.7 Å². The minimum absolute atomic E-state index is 0.0321. The fourth-order valence-corrected chi connectivity index (χ4v) is 5.36. The van der Waals surface area contributed by atoms with Crippen molar-refractivity contribution in [2.75, 3.05) is 26.7 Å². The van der Waals surface area contributed by atoms with E-state index in [0.29, 0.717) is 31.6 Å². The first kappa shape index (κ1) is 31.5. The molecule has 0 radical (unpaired) electrons. The van der Waals surface area contributed by atoms with Crippen LogP contribution in [0.15, 0.2) is 42.5 Å². The maximum atomic E-state index is 13.9. The molecule has 0 bridgehead atoms. The van der Waals surface area contributed by atoms with E-state index in [9.17, 15) is 23.5 Å². The molecule has 0 heterocycles. The van der Waals surface area contributed by atoms with Crippen LogP contribution < -0.4 is 15.4 Å². The zero-order valence-electron chi connectivity index (χ0n) is 24.0. The molecule has 0 saturated heterocycles. The number of rotatable bonds is 16. The molecule has 0 spiro atoms. The molecule has 1 aliphatic carbocycles. The molecule has 220 valence electrons. The Kier molecular flexibility index (Phi) is 11.9. The average Bonchev–Trinajstić information content (AvgIpc) is 3.55. The number of methoxy groups -OCH3 is 1.